The van der Waals surface area contributed by atoms with Crippen molar-refractivity contribution in [2.24, 2.45) is 0 Å². The predicted molar refractivity (Wildman–Crippen MR) is 71.6 cm³/mol. The van der Waals surface area contributed by atoms with E-state index < -0.39 is 10.0 Å². The fraction of sp³-hybridized carbons (Fsp3) is 0.0909. The molecule has 0 saturated carbocycles. The molecule has 0 atom stereocenters. The van der Waals surface area contributed by atoms with Crippen LogP contribution in [0.5, 0.6) is 0 Å². The third kappa shape index (κ3) is 3.81. The first-order valence-electron chi connectivity index (χ1n) is 5.31. The van der Waals surface area contributed by atoms with E-state index in [1.165, 1.54) is 29.4 Å². The quantitative estimate of drug-likeness (QED) is 0.887. The Morgan fingerprint density at radius 3 is 2.68 bits per heavy atom. The monoisotopic (exact) mass is 280 g/mol. The van der Waals surface area contributed by atoms with E-state index in [1.54, 1.807) is 18.2 Å². The zero-order valence-electron chi connectivity index (χ0n) is 10.1. The van der Waals surface area contributed by atoms with Gasteiger partial charge in [-0.05, 0) is 18.2 Å². The molecule has 0 aliphatic rings. The molecule has 0 spiro atoms. The van der Waals surface area contributed by atoms with Gasteiger partial charge in [0.05, 0.1) is 11.9 Å². The predicted octanol–water partition coefficient (Wildman–Crippen LogP) is 1.33. The van der Waals surface area contributed by atoms with E-state index in [0.717, 1.165) is 6.26 Å². The molecular weight excluding hydrogens is 268 g/mol. The van der Waals surface area contributed by atoms with Gasteiger partial charge in [-0.2, -0.15) is 0 Å². The Morgan fingerprint density at radius 2 is 2.05 bits per heavy atom. The number of anilines is 2. The minimum absolute atomic E-state index is 0.380. The van der Waals surface area contributed by atoms with E-state index in [1.807, 2.05) is 0 Å². The van der Waals surface area contributed by atoms with Crippen LogP contribution in [0.2, 0.25) is 0 Å². The van der Waals surface area contributed by atoms with Crippen LogP contribution in [0.1, 0.15) is 0 Å². The highest BCUT2D eigenvalue weighted by Crippen LogP contribution is 2.16. The molecule has 0 unspecified atom stereocenters. The molecule has 7 nitrogen and oxygen atoms in total. The molecule has 0 aliphatic carbocycles. The second kappa shape index (κ2) is 5.11. The van der Waals surface area contributed by atoms with Crippen molar-refractivity contribution in [1.82, 2.24) is 9.55 Å². The zero-order chi connectivity index (χ0) is 13.9. The van der Waals surface area contributed by atoms with Gasteiger partial charge in [-0.1, -0.05) is 6.07 Å². The third-order valence-corrected chi connectivity index (χ3v) is 2.76. The van der Waals surface area contributed by atoms with Crippen LogP contribution in [0, 0.1) is 0 Å². The lowest BCUT2D eigenvalue weighted by Gasteiger charge is -2.08. The van der Waals surface area contributed by atoms with Gasteiger partial charge in [0.25, 0.3) is 0 Å². The maximum atomic E-state index is 11.7. The lowest BCUT2D eigenvalue weighted by Crippen LogP contribution is -2.18. The van der Waals surface area contributed by atoms with Gasteiger partial charge in [0.2, 0.25) is 10.0 Å². The number of imidazole rings is 1. The SMILES string of the molecule is CS(=O)(=O)Nc1cccc(NC(=O)n2ccnc2)c1. The first kappa shape index (κ1) is 13.1. The summed E-state index contributed by atoms with van der Waals surface area (Å²) in [6.45, 7) is 0. The highest BCUT2D eigenvalue weighted by atomic mass is 32.2. The maximum Gasteiger partial charge on any atom is 0.331 e. The number of rotatable bonds is 3. The minimum atomic E-state index is -3.34. The first-order valence-corrected chi connectivity index (χ1v) is 7.20. The Kier molecular flexibility index (Phi) is 3.52. The van der Waals surface area contributed by atoms with E-state index in [0.29, 0.717) is 11.4 Å². The van der Waals surface area contributed by atoms with Crippen LogP contribution in [0.3, 0.4) is 0 Å². The number of hydrogen-bond donors (Lipinski definition) is 2. The molecule has 2 aromatic rings. The molecule has 0 fully saturated rings. The first-order chi connectivity index (χ1) is 8.94. The Bertz CT molecular complexity index is 680. The topological polar surface area (TPSA) is 93.1 Å². The van der Waals surface area contributed by atoms with Crippen LogP contribution < -0.4 is 10.0 Å². The highest BCUT2D eigenvalue weighted by molar-refractivity contribution is 7.92. The molecule has 8 heteroatoms. The van der Waals surface area contributed by atoms with Gasteiger partial charge in [0.15, 0.2) is 0 Å². The summed E-state index contributed by atoms with van der Waals surface area (Å²) < 4.78 is 25.8. The average Bonchev–Trinajstić information content (AvgIpc) is 2.80. The number of carbonyl (C=O) groups is 1. The number of nitrogens with zero attached hydrogens (tertiary/aromatic N) is 2. The van der Waals surface area contributed by atoms with Crippen LogP contribution in [0.25, 0.3) is 0 Å². The smallest absolute Gasteiger partial charge is 0.307 e. The van der Waals surface area contributed by atoms with Crippen molar-refractivity contribution in [3.8, 4) is 0 Å². The van der Waals surface area contributed by atoms with Gasteiger partial charge in [-0.3, -0.25) is 9.29 Å². The zero-order valence-corrected chi connectivity index (χ0v) is 10.9. The van der Waals surface area contributed by atoms with E-state index in [-0.39, 0.29) is 6.03 Å². The summed E-state index contributed by atoms with van der Waals surface area (Å²) in [6.07, 6.45) is 5.42. The number of hydrogen-bond acceptors (Lipinski definition) is 4. The van der Waals surface area contributed by atoms with Crippen molar-refractivity contribution in [2.75, 3.05) is 16.3 Å². The van der Waals surface area contributed by atoms with Crippen molar-refractivity contribution in [3.63, 3.8) is 0 Å². The molecule has 0 aliphatic heterocycles. The Labute approximate surface area is 110 Å². The molecule has 2 rings (SSSR count). The van der Waals surface area contributed by atoms with Gasteiger partial charge in [0.1, 0.15) is 6.33 Å². The number of amides is 1. The van der Waals surface area contributed by atoms with Crippen LogP contribution in [0.4, 0.5) is 16.2 Å². The van der Waals surface area contributed by atoms with Crippen LogP contribution in [-0.2, 0) is 10.0 Å². The number of sulfonamides is 1. The summed E-state index contributed by atoms with van der Waals surface area (Å²) in [5.74, 6) is 0. The normalized spacial score (nSPS) is 11.0. The number of nitrogens with one attached hydrogen (secondary N) is 2. The summed E-state index contributed by atoms with van der Waals surface area (Å²) in [5.41, 5.74) is 0.860. The Balaban J connectivity index is 2.13. The van der Waals surface area contributed by atoms with E-state index in [9.17, 15) is 13.2 Å². The van der Waals surface area contributed by atoms with Crippen molar-refractivity contribution in [2.45, 2.75) is 0 Å². The summed E-state index contributed by atoms with van der Waals surface area (Å²) in [6, 6.07) is 6.03. The van der Waals surface area contributed by atoms with Crippen molar-refractivity contribution >= 4 is 27.4 Å². The fourth-order valence-corrected chi connectivity index (χ4v) is 2.00. The highest BCUT2D eigenvalue weighted by Gasteiger charge is 2.06. The summed E-state index contributed by atoms with van der Waals surface area (Å²) in [5, 5.41) is 2.62. The molecular formula is C11H12N4O3S. The molecule has 0 saturated heterocycles. The second-order valence-corrected chi connectivity index (χ2v) is 5.60. The van der Waals surface area contributed by atoms with Crippen LogP contribution >= 0.6 is 0 Å². The standard InChI is InChI=1S/C11H12N4O3S/c1-19(17,18)14-10-4-2-3-9(7-10)13-11(16)15-6-5-12-8-15/h2-8,14H,1H3,(H,13,16). The Hall–Kier alpha value is -2.35. The average molecular weight is 280 g/mol. The molecule has 1 aromatic heterocycles. The fourth-order valence-electron chi connectivity index (χ4n) is 1.44. The van der Waals surface area contributed by atoms with E-state index >= 15 is 0 Å². The van der Waals surface area contributed by atoms with Gasteiger partial charge >= 0.3 is 6.03 Å². The number of benzene rings is 1. The summed E-state index contributed by atoms with van der Waals surface area (Å²) in [7, 11) is -3.34. The molecule has 1 heterocycles. The van der Waals surface area contributed by atoms with Crippen molar-refractivity contribution in [3.05, 3.63) is 43.0 Å². The molecule has 0 bridgehead atoms. The second-order valence-electron chi connectivity index (χ2n) is 3.86. The number of carbonyl (C=O) groups excluding carboxylic acids is 1. The van der Waals surface area contributed by atoms with Gasteiger partial charge < -0.3 is 5.32 Å². The van der Waals surface area contributed by atoms with Crippen LogP contribution in [-0.4, -0.2) is 30.3 Å². The molecule has 100 valence electrons. The van der Waals surface area contributed by atoms with Crippen molar-refractivity contribution in [1.29, 1.82) is 0 Å². The Morgan fingerprint density at radius 1 is 1.32 bits per heavy atom. The lowest BCUT2D eigenvalue weighted by molar-refractivity contribution is 0.253. The van der Waals surface area contributed by atoms with Crippen molar-refractivity contribution < 1.29 is 13.2 Å². The van der Waals surface area contributed by atoms with Crippen LogP contribution in [0.15, 0.2) is 43.0 Å². The molecule has 1 amide bonds. The summed E-state index contributed by atoms with van der Waals surface area (Å²) in [4.78, 5) is 15.5. The van der Waals surface area contributed by atoms with Gasteiger partial charge in [-0.25, -0.2) is 18.2 Å². The third-order valence-electron chi connectivity index (χ3n) is 2.16. The number of aromatic nitrogens is 2. The molecule has 19 heavy (non-hydrogen) atoms. The molecule has 1 aromatic carbocycles. The van der Waals surface area contributed by atoms with Gasteiger partial charge in [-0.15, -0.1) is 0 Å². The summed E-state index contributed by atoms with van der Waals surface area (Å²) >= 11 is 0. The lowest BCUT2D eigenvalue weighted by atomic mass is 10.3. The molecule has 0 radical (unpaired) electrons. The maximum absolute atomic E-state index is 11.7. The van der Waals surface area contributed by atoms with Gasteiger partial charge in [0, 0.05) is 18.1 Å². The van der Waals surface area contributed by atoms with E-state index in [2.05, 4.69) is 15.0 Å². The molecule has 2 N–H and O–H groups in total. The van der Waals surface area contributed by atoms with E-state index in [4.69, 9.17) is 0 Å². The largest absolute Gasteiger partial charge is 0.331 e. The minimum Gasteiger partial charge on any atom is -0.307 e.